The highest BCUT2D eigenvalue weighted by atomic mass is 16.5. The first-order valence-electron chi connectivity index (χ1n) is 3.71. The van der Waals surface area contributed by atoms with E-state index in [0.717, 1.165) is 0 Å². The quantitative estimate of drug-likeness (QED) is 0.517. The topological polar surface area (TPSA) is 39.4 Å². The van der Waals surface area contributed by atoms with Crippen molar-refractivity contribution in [3.05, 3.63) is 31.0 Å². The molecule has 0 fully saturated rings. The van der Waals surface area contributed by atoms with Crippen LogP contribution in [0.15, 0.2) is 36.0 Å². The third-order valence-electron chi connectivity index (χ3n) is 1.46. The Morgan fingerprint density at radius 2 is 2.54 bits per heavy atom. The summed E-state index contributed by atoms with van der Waals surface area (Å²) >= 11 is 0. The Balaban J connectivity index is 3.10. The van der Waals surface area contributed by atoms with Crippen molar-refractivity contribution in [1.82, 2.24) is 9.78 Å². The van der Waals surface area contributed by atoms with E-state index in [4.69, 9.17) is 4.74 Å². The molecule has 0 aliphatic rings. The molecule has 0 aliphatic carbocycles. The molecule has 1 aromatic rings. The standard InChI is InChI=1S/C9H11N3O/c1-4-5-8(10-2)12-9(13-3)6-7-11-12/h4-7H,1-2H2,3H3/b8-5+. The monoisotopic (exact) mass is 177 g/mol. The summed E-state index contributed by atoms with van der Waals surface area (Å²) in [6.07, 6.45) is 4.94. The van der Waals surface area contributed by atoms with Crippen LogP contribution in [0.5, 0.6) is 5.88 Å². The van der Waals surface area contributed by atoms with Crippen LogP contribution < -0.4 is 4.74 Å². The lowest BCUT2D eigenvalue weighted by Gasteiger charge is -2.04. The average Bonchev–Trinajstić information content (AvgIpc) is 2.61. The van der Waals surface area contributed by atoms with Gasteiger partial charge in [0.25, 0.3) is 0 Å². The van der Waals surface area contributed by atoms with E-state index in [-0.39, 0.29) is 0 Å². The SMILES string of the molecule is C=C/C=C(\N=C)n1nccc1OC. The van der Waals surface area contributed by atoms with Crippen LogP contribution in [0.2, 0.25) is 0 Å². The second-order valence-electron chi connectivity index (χ2n) is 2.20. The summed E-state index contributed by atoms with van der Waals surface area (Å²) in [4.78, 5) is 3.79. The first-order valence-corrected chi connectivity index (χ1v) is 3.71. The van der Waals surface area contributed by atoms with Gasteiger partial charge in [-0.2, -0.15) is 9.78 Å². The minimum absolute atomic E-state index is 0.580. The molecule has 13 heavy (non-hydrogen) atoms. The zero-order valence-corrected chi connectivity index (χ0v) is 7.47. The molecule has 1 aromatic heterocycles. The van der Waals surface area contributed by atoms with E-state index in [1.807, 2.05) is 0 Å². The lowest BCUT2D eigenvalue weighted by molar-refractivity contribution is 0.384. The van der Waals surface area contributed by atoms with Gasteiger partial charge in [-0.05, 0) is 12.8 Å². The van der Waals surface area contributed by atoms with Crippen LogP contribution in [-0.4, -0.2) is 23.6 Å². The Kier molecular flexibility index (Phi) is 3.03. The Morgan fingerprint density at radius 1 is 1.77 bits per heavy atom. The van der Waals surface area contributed by atoms with Gasteiger partial charge in [0.05, 0.1) is 13.3 Å². The summed E-state index contributed by atoms with van der Waals surface area (Å²) in [6, 6.07) is 1.74. The number of aliphatic imine (C=N–C) groups is 1. The number of aromatic nitrogens is 2. The lowest BCUT2D eigenvalue weighted by atomic mass is 10.5. The number of rotatable bonds is 4. The van der Waals surface area contributed by atoms with Crippen LogP contribution >= 0.6 is 0 Å². The van der Waals surface area contributed by atoms with Crippen molar-refractivity contribution in [2.24, 2.45) is 4.99 Å². The van der Waals surface area contributed by atoms with Crippen molar-refractivity contribution in [2.45, 2.75) is 0 Å². The summed E-state index contributed by atoms with van der Waals surface area (Å²) in [5.41, 5.74) is 0. The van der Waals surface area contributed by atoms with Gasteiger partial charge in [0.1, 0.15) is 0 Å². The fraction of sp³-hybridized carbons (Fsp3) is 0.111. The van der Waals surface area contributed by atoms with Crippen molar-refractivity contribution in [3.8, 4) is 5.88 Å². The van der Waals surface area contributed by atoms with Crippen molar-refractivity contribution in [3.63, 3.8) is 0 Å². The molecule has 0 bridgehead atoms. The van der Waals surface area contributed by atoms with E-state index in [0.29, 0.717) is 11.7 Å². The zero-order chi connectivity index (χ0) is 9.68. The summed E-state index contributed by atoms with van der Waals surface area (Å²) in [7, 11) is 1.57. The predicted octanol–water partition coefficient (Wildman–Crippen LogP) is 1.58. The lowest BCUT2D eigenvalue weighted by Crippen LogP contribution is -1.99. The maximum Gasteiger partial charge on any atom is 0.217 e. The molecule has 4 nitrogen and oxygen atoms in total. The molecule has 0 radical (unpaired) electrons. The van der Waals surface area contributed by atoms with Crippen molar-refractivity contribution < 1.29 is 4.74 Å². The van der Waals surface area contributed by atoms with Gasteiger partial charge < -0.3 is 4.74 Å². The normalized spacial score (nSPS) is 11.0. The first kappa shape index (κ1) is 9.25. The summed E-state index contributed by atoms with van der Waals surface area (Å²) < 4.78 is 6.59. The molecule has 0 aliphatic heterocycles. The van der Waals surface area contributed by atoms with E-state index in [1.54, 1.807) is 31.5 Å². The Morgan fingerprint density at radius 3 is 3.08 bits per heavy atom. The number of nitrogens with zero attached hydrogens (tertiary/aromatic N) is 3. The molecule has 0 unspecified atom stereocenters. The molecule has 1 rings (SSSR count). The molecular weight excluding hydrogens is 166 g/mol. The first-order chi connectivity index (χ1) is 6.33. The molecule has 1 heterocycles. The van der Waals surface area contributed by atoms with Gasteiger partial charge in [0.2, 0.25) is 5.88 Å². The second-order valence-corrected chi connectivity index (χ2v) is 2.20. The average molecular weight is 177 g/mol. The fourth-order valence-electron chi connectivity index (χ4n) is 0.914. The number of hydrogen-bond donors (Lipinski definition) is 0. The van der Waals surface area contributed by atoms with Crippen LogP contribution in [0.3, 0.4) is 0 Å². The van der Waals surface area contributed by atoms with Crippen LogP contribution in [-0.2, 0) is 0 Å². The molecule has 4 heteroatoms. The molecule has 0 aromatic carbocycles. The summed E-state index contributed by atoms with van der Waals surface area (Å²) in [6.45, 7) is 7.00. The minimum Gasteiger partial charge on any atom is -0.481 e. The van der Waals surface area contributed by atoms with Crippen LogP contribution in [0, 0.1) is 0 Å². The maximum absolute atomic E-state index is 5.05. The van der Waals surface area contributed by atoms with E-state index < -0.39 is 0 Å². The van der Waals surface area contributed by atoms with Gasteiger partial charge in [-0.15, -0.1) is 0 Å². The maximum atomic E-state index is 5.05. The summed E-state index contributed by atoms with van der Waals surface area (Å²) in [5.74, 6) is 1.19. The number of ether oxygens (including phenoxy) is 1. The van der Waals surface area contributed by atoms with Gasteiger partial charge in [0.15, 0.2) is 5.82 Å². The van der Waals surface area contributed by atoms with Crippen molar-refractivity contribution >= 4 is 12.5 Å². The van der Waals surface area contributed by atoms with E-state index in [1.165, 1.54) is 4.68 Å². The zero-order valence-electron chi connectivity index (χ0n) is 7.47. The van der Waals surface area contributed by atoms with Gasteiger partial charge in [-0.25, -0.2) is 4.99 Å². The molecular formula is C9H11N3O. The van der Waals surface area contributed by atoms with Crippen molar-refractivity contribution in [2.75, 3.05) is 7.11 Å². The minimum atomic E-state index is 0.580. The van der Waals surface area contributed by atoms with Crippen LogP contribution in [0.1, 0.15) is 0 Å². The van der Waals surface area contributed by atoms with E-state index in [2.05, 4.69) is 23.4 Å². The number of hydrogen-bond acceptors (Lipinski definition) is 3. The molecule has 68 valence electrons. The van der Waals surface area contributed by atoms with E-state index in [9.17, 15) is 0 Å². The molecule has 0 saturated carbocycles. The van der Waals surface area contributed by atoms with Crippen molar-refractivity contribution in [1.29, 1.82) is 0 Å². The Hall–Kier alpha value is -1.84. The fourth-order valence-corrected chi connectivity index (χ4v) is 0.914. The molecule has 0 N–H and O–H groups in total. The molecule has 0 amide bonds. The largest absolute Gasteiger partial charge is 0.481 e. The Labute approximate surface area is 76.9 Å². The van der Waals surface area contributed by atoms with E-state index >= 15 is 0 Å². The predicted molar refractivity (Wildman–Crippen MR) is 52.8 cm³/mol. The van der Waals surface area contributed by atoms with Gasteiger partial charge in [0, 0.05) is 6.07 Å². The van der Waals surface area contributed by atoms with Crippen LogP contribution in [0.25, 0.3) is 5.82 Å². The molecule has 0 saturated heterocycles. The smallest absolute Gasteiger partial charge is 0.217 e. The van der Waals surface area contributed by atoms with Gasteiger partial charge in [-0.3, -0.25) is 0 Å². The highest BCUT2D eigenvalue weighted by Gasteiger charge is 2.04. The number of allylic oxidation sites excluding steroid dienone is 2. The van der Waals surface area contributed by atoms with Crippen LogP contribution in [0.4, 0.5) is 0 Å². The van der Waals surface area contributed by atoms with Gasteiger partial charge >= 0.3 is 0 Å². The second kappa shape index (κ2) is 4.25. The number of methoxy groups -OCH3 is 1. The highest BCUT2D eigenvalue weighted by molar-refractivity contribution is 5.53. The third-order valence-corrected chi connectivity index (χ3v) is 1.46. The molecule has 0 atom stereocenters. The molecule has 0 spiro atoms. The highest BCUT2D eigenvalue weighted by Crippen LogP contribution is 2.15. The van der Waals surface area contributed by atoms with Gasteiger partial charge in [-0.1, -0.05) is 12.7 Å². The third kappa shape index (κ3) is 1.84. The summed E-state index contributed by atoms with van der Waals surface area (Å²) in [5, 5.41) is 4.02. The Bertz CT molecular complexity index is 338.